The van der Waals surface area contributed by atoms with Crippen molar-refractivity contribution in [3.05, 3.63) is 0 Å². The maximum absolute atomic E-state index is 0. The monoisotopic (exact) mass is 364 g/mol. The second kappa shape index (κ2) is 63.5. The van der Waals surface area contributed by atoms with Gasteiger partial charge in [0, 0.05) is 0 Å². The van der Waals surface area contributed by atoms with Gasteiger partial charge >= 0.3 is 64.2 Å². The zero-order chi connectivity index (χ0) is 0. The largest absolute Gasteiger partial charge is 4.00 e. The molecule has 0 aromatic heterocycles. The molecule has 0 rings (SSSR count). The van der Waals surface area contributed by atoms with E-state index in [4.69, 9.17) is 0 Å². The summed E-state index contributed by atoms with van der Waals surface area (Å²) in [6.07, 6.45) is 0. The molecular formula is Ag2O3Ru. The normalized spacial score (nSPS) is 0. The Morgan fingerprint density at radius 2 is 0.500 bits per heavy atom. The fraction of sp³-hybridized carbons (Fsp3) is 0. The Morgan fingerprint density at radius 1 is 0.500 bits per heavy atom. The van der Waals surface area contributed by atoms with Crippen molar-refractivity contribution < 1.29 is 80.7 Å². The molecule has 0 atom stereocenters. The van der Waals surface area contributed by atoms with E-state index in [-0.39, 0.29) is 80.7 Å². The number of rotatable bonds is 0. The third-order valence-electron chi connectivity index (χ3n) is 0. The second-order valence-electron chi connectivity index (χ2n) is 0. The van der Waals surface area contributed by atoms with Crippen molar-refractivity contribution in [3.63, 3.8) is 0 Å². The zero-order valence-electron chi connectivity index (χ0n) is 2.18. The molecule has 0 spiro atoms. The molecule has 0 aliphatic heterocycles. The van der Waals surface area contributed by atoms with Gasteiger partial charge < -0.3 is 16.4 Å². The molecule has 0 aromatic rings. The molecular weight excluding hydrogens is 365 g/mol. The van der Waals surface area contributed by atoms with E-state index in [1.807, 2.05) is 0 Å². The van der Waals surface area contributed by atoms with Crippen LogP contribution in [0.25, 0.3) is 0 Å². The Morgan fingerprint density at radius 3 is 0.500 bits per heavy atom. The van der Waals surface area contributed by atoms with Crippen LogP contribution in [0.1, 0.15) is 0 Å². The van der Waals surface area contributed by atoms with Crippen molar-refractivity contribution in [1.29, 1.82) is 0 Å². The Bertz CT molecular complexity index is 8.75. The first-order valence-electron chi connectivity index (χ1n) is 0. The van der Waals surface area contributed by atoms with Gasteiger partial charge in [-0.15, -0.1) is 0 Å². The summed E-state index contributed by atoms with van der Waals surface area (Å²) < 4.78 is 0. The van der Waals surface area contributed by atoms with Crippen molar-refractivity contribution >= 4 is 0 Å². The van der Waals surface area contributed by atoms with Crippen LogP contribution >= 0.6 is 0 Å². The van der Waals surface area contributed by atoms with Gasteiger partial charge in [-0.1, -0.05) is 0 Å². The van der Waals surface area contributed by atoms with E-state index in [9.17, 15) is 0 Å². The maximum Gasteiger partial charge on any atom is 4.00 e. The summed E-state index contributed by atoms with van der Waals surface area (Å²) in [5, 5.41) is 0. The minimum absolute atomic E-state index is 0. The molecule has 0 bridgehead atoms. The molecule has 0 aliphatic carbocycles. The first-order chi connectivity index (χ1) is 0. The van der Waals surface area contributed by atoms with Gasteiger partial charge in [0.2, 0.25) is 0 Å². The van der Waals surface area contributed by atoms with Gasteiger partial charge in [0.25, 0.3) is 0 Å². The molecule has 6 heteroatoms. The quantitative estimate of drug-likeness (QED) is 0.526. The fourth-order valence-corrected chi connectivity index (χ4v) is 0. The van der Waals surface area contributed by atoms with Crippen LogP contribution in [0.3, 0.4) is 0 Å². The first kappa shape index (κ1) is 98.9. The SMILES string of the molecule is [Ag+].[Ag+].[O-2].[O-2].[O-2].[Ru+4]. The minimum atomic E-state index is 0. The molecule has 0 amide bonds. The average Bonchev–Trinajstić information content (AvgIpc) is 0. The summed E-state index contributed by atoms with van der Waals surface area (Å²) >= 11 is 0. The van der Waals surface area contributed by atoms with Gasteiger partial charge in [-0.05, 0) is 0 Å². The fourth-order valence-electron chi connectivity index (χ4n) is 0. The molecule has 3 nitrogen and oxygen atoms in total. The molecule has 0 saturated carbocycles. The molecule has 0 radical (unpaired) electrons. The summed E-state index contributed by atoms with van der Waals surface area (Å²) in [6, 6.07) is 0. The molecule has 0 aliphatic rings. The Balaban J connectivity index is 0. The topological polar surface area (TPSA) is 85.5 Å². The van der Waals surface area contributed by atoms with Gasteiger partial charge in [0.05, 0.1) is 0 Å². The smallest absolute Gasteiger partial charge is 2.00 e. The van der Waals surface area contributed by atoms with Crippen molar-refractivity contribution in [1.82, 2.24) is 0 Å². The van der Waals surface area contributed by atoms with Gasteiger partial charge in [-0.3, -0.25) is 0 Å². The number of hydrogen-bond acceptors (Lipinski definition) is 0. The predicted molar refractivity (Wildman–Crippen MR) is 2.06 cm³/mol. The van der Waals surface area contributed by atoms with Crippen molar-refractivity contribution in [2.75, 3.05) is 0 Å². The van der Waals surface area contributed by atoms with Gasteiger partial charge in [0.1, 0.15) is 0 Å². The molecule has 0 aromatic carbocycles. The van der Waals surface area contributed by atoms with Gasteiger partial charge in [-0.25, -0.2) is 0 Å². The molecule has 0 unspecified atom stereocenters. The van der Waals surface area contributed by atoms with Crippen LogP contribution in [0.4, 0.5) is 0 Å². The molecule has 0 heterocycles. The summed E-state index contributed by atoms with van der Waals surface area (Å²) in [7, 11) is 0. The van der Waals surface area contributed by atoms with E-state index in [2.05, 4.69) is 0 Å². The third kappa shape index (κ3) is 37.8. The Kier molecular flexibility index (Phi) is 1050. The summed E-state index contributed by atoms with van der Waals surface area (Å²) in [5.41, 5.74) is 0. The van der Waals surface area contributed by atoms with E-state index < -0.39 is 0 Å². The van der Waals surface area contributed by atoms with E-state index >= 15 is 0 Å². The average molecular weight is 365 g/mol. The molecule has 6 heavy (non-hydrogen) atoms. The van der Waals surface area contributed by atoms with Crippen LogP contribution < -0.4 is 0 Å². The van der Waals surface area contributed by atoms with Gasteiger partial charge in [0.15, 0.2) is 0 Å². The third-order valence-corrected chi connectivity index (χ3v) is 0. The Hall–Kier alpha value is 1.98. The molecule has 0 N–H and O–H groups in total. The summed E-state index contributed by atoms with van der Waals surface area (Å²) in [5.74, 6) is 0. The van der Waals surface area contributed by atoms with Crippen LogP contribution in [0.5, 0.6) is 0 Å². The zero-order valence-corrected chi connectivity index (χ0v) is 6.88. The van der Waals surface area contributed by atoms with E-state index in [1.165, 1.54) is 0 Å². The van der Waals surface area contributed by atoms with E-state index in [0.29, 0.717) is 0 Å². The van der Waals surface area contributed by atoms with Crippen LogP contribution in [-0.2, 0) is 80.7 Å². The minimum Gasteiger partial charge on any atom is -2.00 e. The van der Waals surface area contributed by atoms with Crippen molar-refractivity contribution in [2.45, 2.75) is 0 Å². The second-order valence-corrected chi connectivity index (χ2v) is 0. The van der Waals surface area contributed by atoms with Crippen LogP contribution in [0.2, 0.25) is 0 Å². The van der Waals surface area contributed by atoms with E-state index in [1.54, 1.807) is 0 Å². The van der Waals surface area contributed by atoms with Crippen molar-refractivity contribution in [3.8, 4) is 0 Å². The van der Waals surface area contributed by atoms with Crippen LogP contribution in [-0.4, -0.2) is 0 Å². The standard InChI is InChI=1S/2Ag.3O.Ru/q2*+1;3*-2;+4. The summed E-state index contributed by atoms with van der Waals surface area (Å²) in [4.78, 5) is 0. The molecule has 0 saturated heterocycles. The number of hydrogen-bond donors (Lipinski definition) is 0. The first-order valence-corrected chi connectivity index (χ1v) is 0. The van der Waals surface area contributed by atoms with E-state index in [0.717, 1.165) is 0 Å². The Labute approximate surface area is 80.0 Å². The van der Waals surface area contributed by atoms with Gasteiger partial charge in [-0.2, -0.15) is 0 Å². The predicted octanol–water partition coefficient (Wildman–Crippen LogP) is -0.364. The molecule has 0 fully saturated rings. The van der Waals surface area contributed by atoms with Crippen LogP contribution in [0, 0.1) is 0 Å². The summed E-state index contributed by atoms with van der Waals surface area (Å²) in [6.45, 7) is 0. The van der Waals surface area contributed by atoms with Crippen molar-refractivity contribution in [2.24, 2.45) is 0 Å². The molecule has 48 valence electrons. The van der Waals surface area contributed by atoms with Crippen LogP contribution in [0.15, 0.2) is 0 Å². The maximum atomic E-state index is 0.